The average molecular weight is 462 g/mol. The molecule has 0 atom stereocenters. The minimum absolute atomic E-state index is 0.206. The Hall–Kier alpha value is -1.09. The van der Waals surface area contributed by atoms with Gasteiger partial charge in [0, 0.05) is 32.2 Å². The molecular weight excluding hydrogens is 419 g/mol. The Kier molecular flexibility index (Phi) is 6.96. The fourth-order valence-corrected chi connectivity index (χ4v) is 4.96. The van der Waals surface area contributed by atoms with E-state index in [0.717, 1.165) is 45.2 Å². The number of piperidine rings is 1. The number of carbonyl (C=O) groups is 1. The Bertz CT molecular complexity index is 732. The van der Waals surface area contributed by atoms with Crippen LogP contribution in [0.2, 0.25) is 0 Å². The van der Waals surface area contributed by atoms with Crippen LogP contribution < -0.4 is 0 Å². The molecule has 1 aliphatic carbocycles. The second-order valence-corrected chi connectivity index (χ2v) is 12.2. The largest absolute Gasteiger partial charge is 0.490 e. The van der Waals surface area contributed by atoms with Gasteiger partial charge in [-0.15, -0.1) is 0 Å². The lowest BCUT2D eigenvalue weighted by atomic mass is 9.74. The summed E-state index contributed by atoms with van der Waals surface area (Å²) in [5.74, 6) is 0. The van der Waals surface area contributed by atoms with Gasteiger partial charge in [0.1, 0.15) is 5.60 Å². The Morgan fingerprint density at radius 3 is 2.15 bits per heavy atom. The number of amides is 1. The molecule has 0 aromatic carbocycles. The van der Waals surface area contributed by atoms with E-state index in [1.165, 1.54) is 5.47 Å². The third kappa shape index (κ3) is 5.77. The van der Waals surface area contributed by atoms with Crippen molar-refractivity contribution in [3.8, 4) is 0 Å². The van der Waals surface area contributed by atoms with Crippen LogP contribution in [-0.2, 0) is 18.8 Å². The molecule has 0 N–H and O–H groups in total. The number of hydrogen-bond acceptors (Lipinski definition) is 6. The van der Waals surface area contributed by atoms with Crippen molar-refractivity contribution in [1.82, 2.24) is 9.80 Å². The number of hydrogen-bond donors (Lipinski definition) is 0. The summed E-state index contributed by atoms with van der Waals surface area (Å²) in [6.45, 7) is 17.6. The van der Waals surface area contributed by atoms with Gasteiger partial charge in [0.05, 0.1) is 23.4 Å². The van der Waals surface area contributed by atoms with E-state index in [4.69, 9.17) is 18.8 Å². The van der Waals surface area contributed by atoms with E-state index in [1.54, 1.807) is 0 Å². The predicted octanol–water partition coefficient (Wildman–Crippen LogP) is 4.20. The van der Waals surface area contributed by atoms with Crippen molar-refractivity contribution >= 4 is 13.2 Å². The molecule has 3 heterocycles. The molecule has 8 heteroatoms. The molecule has 0 aromatic heterocycles. The van der Waals surface area contributed by atoms with Crippen molar-refractivity contribution in [1.29, 1.82) is 0 Å². The van der Waals surface area contributed by atoms with E-state index in [0.29, 0.717) is 25.2 Å². The Labute approximate surface area is 200 Å². The van der Waals surface area contributed by atoms with Gasteiger partial charge in [-0.3, -0.25) is 4.90 Å². The maximum Gasteiger partial charge on any atom is 0.490 e. The van der Waals surface area contributed by atoms with Crippen molar-refractivity contribution in [2.24, 2.45) is 0 Å². The average Bonchev–Trinajstić information content (AvgIpc) is 2.91. The number of rotatable bonds is 4. The molecule has 4 rings (SSSR count). The summed E-state index contributed by atoms with van der Waals surface area (Å²) >= 11 is 0. The normalized spacial score (nSPS) is 30.7. The van der Waals surface area contributed by atoms with Gasteiger partial charge in [0.15, 0.2) is 0 Å². The summed E-state index contributed by atoms with van der Waals surface area (Å²) in [7, 11) is -0.207. The minimum Gasteiger partial charge on any atom is -0.444 e. The van der Waals surface area contributed by atoms with Crippen molar-refractivity contribution in [3.05, 3.63) is 11.5 Å². The van der Waals surface area contributed by atoms with Gasteiger partial charge in [-0.25, -0.2) is 4.79 Å². The van der Waals surface area contributed by atoms with Gasteiger partial charge in [-0.05, 0) is 86.0 Å². The summed E-state index contributed by atoms with van der Waals surface area (Å²) in [6.07, 6.45) is 7.70. The van der Waals surface area contributed by atoms with Gasteiger partial charge in [0.25, 0.3) is 0 Å². The van der Waals surface area contributed by atoms with E-state index in [9.17, 15) is 4.79 Å². The zero-order valence-corrected chi connectivity index (χ0v) is 21.7. The number of likely N-dealkylation sites (tertiary alicyclic amines) is 1. The molecule has 1 saturated carbocycles. The molecule has 7 nitrogen and oxygen atoms in total. The second kappa shape index (κ2) is 9.17. The molecular formula is C25H43BN2O5. The molecule has 0 bridgehead atoms. The van der Waals surface area contributed by atoms with Crippen LogP contribution in [-0.4, -0.2) is 84.2 Å². The highest BCUT2D eigenvalue weighted by atomic mass is 16.7. The van der Waals surface area contributed by atoms with Crippen molar-refractivity contribution in [2.45, 2.75) is 116 Å². The van der Waals surface area contributed by atoms with Crippen LogP contribution in [0, 0.1) is 0 Å². The van der Waals surface area contributed by atoms with Crippen molar-refractivity contribution < 1.29 is 23.6 Å². The predicted molar refractivity (Wildman–Crippen MR) is 129 cm³/mol. The van der Waals surface area contributed by atoms with Crippen LogP contribution in [0.25, 0.3) is 0 Å². The molecule has 4 aliphatic rings. The molecule has 1 amide bonds. The Morgan fingerprint density at radius 2 is 1.64 bits per heavy atom. The molecule has 0 spiro atoms. The van der Waals surface area contributed by atoms with Crippen LogP contribution in [0.3, 0.4) is 0 Å². The molecule has 0 unspecified atom stereocenters. The first-order valence-corrected chi connectivity index (χ1v) is 12.7. The first-order valence-electron chi connectivity index (χ1n) is 12.7. The quantitative estimate of drug-likeness (QED) is 0.584. The van der Waals surface area contributed by atoms with Crippen LogP contribution in [0.4, 0.5) is 4.79 Å². The van der Waals surface area contributed by atoms with Gasteiger partial charge in [-0.2, -0.15) is 0 Å². The standard InChI is InChI=1S/C25H43BN2O5/c1-23(2,3)31-22(29)28-14-10-20(11-15-28)30-21-16-19(17-21)27-12-8-18(9-13-27)26-32-24(4,5)25(6,7)33-26/h8,19-21H,9-17H2,1-7H3/t19-,21-. The molecule has 0 aromatic rings. The Balaban J connectivity index is 1.15. The maximum atomic E-state index is 12.2. The second-order valence-electron chi connectivity index (χ2n) is 12.2. The molecule has 0 radical (unpaired) electrons. The molecule has 186 valence electrons. The third-order valence-electron chi connectivity index (χ3n) is 7.90. The van der Waals surface area contributed by atoms with E-state index < -0.39 is 5.60 Å². The maximum absolute atomic E-state index is 12.2. The van der Waals surface area contributed by atoms with E-state index in [1.807, 2.05) is 25.7 Å². The summed E-state index contributed by atoms with van der Waals surface area (Å²) in [5.41, 5.74) is 0.281. The lowest BCUT2D eigenvalue weighted by Gasteiger charge is -2.45. The van der Waals surface area contributed by atoms with Crippen molar-refractivity contribution in [2.75, 3.05) is 26.2 Å². The monoisotopic (exact) mass is 462 g/mol. The summed E-state index contributed by atoms with van der Waals surface area (Å²) < 4.78 is 24.3. The zero-order valence-electron chi connectivity index (χ0n) is 21.7. The van der Waals surface area contributed by atoms with E-state index in [2.05, 4.69) is 38.7 Å². The highest BCUT2D eigenvalue weighted by Crippen LogP contribution is 2.40. The zero-order chi connectivity index (χ0) is 24.0. The first-order chi connectivity index (χ1) is 15.3. The first kappa shape index (κ1) is 25.0. The summed E-state index contributed by atoms with van der Waals surface area (Å²) in [6, 6.07) is 0.605. The lowest BCUT2D eigenvalue weighted by Crippen LogP contribution is -2.51. The van der Waals surface area contributed by atoms with Gasteiger partial charge >= 0.3 is 13.2 Å². The fourth-order valence-electron chi connectivity index (χ4n) is 4.96. The van der Waals surface area contributed by atoms with E-state index in [-0.39, 0.29) is 30.5 Å². The SMILES string of the molecule is CC(C)(C)OC(=O)N1CCC(O[C@H]2C[C@H](N3CC=C(B4OC(C)(C)C(C)(C)O4)CC3)C2)CC1. The smallest absolute Gasteiger partial charge is 0.444 e. The number of carbonyl (C=O) groups excluding carboxylic acids is 1. The number of nitrogens with zero attached hydrogens (tertiary/aromatic N) is 2. The molecule has 3 aliphatic heterocycles. The van der Waals surface area contributed by atoms with Crippen LogP contribution in [0.1, 0.15) is 80.6 Å². The summed E-state index contributed by atoms with van der Waals surface area (Å²) in [4.78, 5) is 16.6. The highest BCUT2D eigenvalue weighted by molar-refractivity contribution is 6.54. The van der Waals surface area contributed by atoms with Crippen molar-refractivity contribution in [3.63, 3.8) is 0 Å². The van der Waals surface area contributed by atoms with Gasteiger partial charge < -0.3 is 23.7 Å². The fraction of sp³-hybridized carbons (Fsp3) is 0.880. The highest BCUT2D eigenvalue weighted by Gasteiger charge is 2.52. The number of ether oxygens (including phenoxy) is 2. The third-order valence-corrected chi connectivity index (χ3v) is 7.90. The van der Waals surface area contributed by atoms with Gasteiger partial charge in [-0.1, -0.05) is 6.08 Å². The minimum atomic E-state index is -0.444. The lowest BCUT2D eigenvalue weighted by molar-refractivity contribution is -0.102. The Morgan fingerprint density at radius 1 is 1.03 bits per heavy atom. The van der Waals surface area contributed by atoms with E-state index >= 15 is 0 Å². The van der Waals surface area contributed by atoms with Crippen LogP contribution >= 0.6 is 0 Å². The summed E-state index contributed by atoms with van der Waals surface area (Å²) in [5, 5.41) is 0. The molecule has 2 saturated heterocycles. The van der Waals surface area contributed by atoms with Gasteiger partial charge in [0.2, 0.25) is 0 Å². The van der Waals surface area contributed by atoms with Crippen LogP contribution in [0.15, 0.2) is 11.5 Å². The topological polar surface area (TPSA) is 60.5 Å². The van der Waals surface area contributed by atoms with Crippen LogP contribution in [0.5, 0.6) is 0 Å². The molecule has 33 heavy (non-hydrogen) atoms. The molecule has 3 fully saturated rings.